The number of hydrogen-bond acceptors (Lipinski definition) is 0. The number of allylic oxidation sites excluding steroid dienone is 6. The first-order chi connectivity index (χ1) is 5.90. The second-order valence-electron chi connectivity index (χ2n) is 3.47. The van der Waals surface area contributed by atoms with Gasteiger partial charge in [0.25, 0.3) is 0 Å². The van der Waals surface area contributed by atoms with Gasteiger partial charge in [0.05, 0.1) is 0 Å². The van der Waals surface area contributed by atoms with Crippen LogP contribution in [0.1, 0.15) is 19.3 Å². The number of rotatable bonds is 1. The summed E-state index contributed by atoms with van der Waals surface area (Å²) >= 11 is 0. The average molecular weight is 164 g/mol. The van der Waals surface area contributed by atoms with Crippen LogP contribution in [0.3, 0.4) is 0 Å². The Bertz CT molecular complexity index is 258. The molecule has 1 unspecified atom stereocenters. The monoisotopic (exact) mass is 164 g/mol. The molecule has 0 heterocycles. The molecule has 0 aromatic heterocycles. The van der Waals surface area contributed by atoms with Crippen molar-refractivity contribution in [3.63, 3.8) is 0 Å². The Kier molecular flexibility index (Phi) is 2.11. The summed E-state index contributed by atoms with van der Waals surface area (Å²) in [6, 6.07) is 0. The van der Waals surface area contributed by atoms with Gasteiger partial charge in [-0.25, -0.2) is 4.39 Å². The van der Waals surface area contributed by atoms with Crippen LogP contribution in [0, 0.1) is 5.92 Å². The smallest absolute Gasteiger partial charge is 0.114 e. The van der Waals surface area contributed by atoms with Gasteiger partial charge in [-0.15, -0.1) is 0 Å². The van der Waals surface area contributed by atoms with E-state index in [-0.39, 0.29) is 6.67 Å². The fourth-order valence-electron chi connectivity index (χ4n) is 1.90. The molecule has 2 aliphatic rings. The molecular formula is C11H13F. The van der Waals surface area contributed by atoms with Gasteiger partial charge in [0.1, 0.15) is 6.67 Å². The molecular weight excluding hydrogens is 151 g/mol. The maximum absolute atomic E-state index is 12.3. The van der Waals surface area contributed by atoms with Gasteiger partial charge in [-0.2, -0.15) is 0 Å². The van der Waals surface area contributed by atoms with E-state index in [2.05, 4.69) is 12.2 Å². The van der Waals surface area contributed by atoms with Gasteiger partial charge in [0, 0.05) is 0 Å². The third-order valence-corrected chi connectivity index (χ3v) is 2.63. The Morgan fingerprint density at radius 1 is 1.50 bits per heavy atom. The summed E-state index contributed by atoms with van der Waals surface area (Å²) in [5.74, 6) is 0.672. The van der Waals surface area contributed by atoms with E-state index in [0.29, 0.717) is 5.92 Å². The summed E-state index contributed by atoms with van der Waals surface area (Å²) in [6.07, 6.45) is 11.8. The normalized spacial score (nSPS) is 27.6. The molecule has 0 aliphatic heterocycles. The standard InChI is InChI=1S/C11H13F/c12-8-9-5-6-10-3-1-2-4-11(10)7-9/h2,4-5,7,10H,1,3,6,8H2. The van der Waals surface area contributed by atoms with Crippen molar-refractivity contribution < 1.29 is 4.39 Å². The molecule has 0 saturated carbocycles. The number of halogens is 1. The van der Waals surface area contributed by atoms with Crippen LogP contribution in [-0.4, -0.2) is 6.67 Å². The van der Waals surface area contributed by atoms with Gasteiger partial charge < -0.3 is 0 Å². The highest BCUT2D eigenvalue weighted by molar-refractivity contribution is 5.37. The summed E-state index contributed by atoms with van der Waals surface area (Å²) in [5.41, 5.74) is 2.18. The van der Waals surface area contributed by atoms with Gasteiger partial charge in [0.2, 0.25) is 0 Å². The first-order valence-corrected chi connectivity index (χ1v) is 4.53. The third kappa shape index (κ3) is 1.36. The molecule has 12 heavy (non-hydrogen) atoms. The summed E-state index contributed by atoms with van der Waals surface area (Å²) in [6.45, 7) is -0.315. The SMILES string of the molecule is FCC1=CCC2CCC=CC2=C1. The first-order valence-electron chi connectivity index (χ1n) is 4.53. The molecule has 0 amide bonds. The van der Waals surface area contributed by atoms with Crippen LogP contribution in [0.5, 0.6) is 0 Å². The largest absolute Gasteiger partial charge is 0.246 e. The van der Waals surface area contributed by atoms with Crippen LogP contribution in [0.25, 0.3) is 0 Å². The molecule has 0 saturated heterocycles. The van der Waals surface area contributed by atoms with Gasteiger partial charge >= 0.3 is 0 Å². The summed E-state index contributed by atoms with van der Waals surface area (Å²) in [5, 5.41) is 0. The highest BCUT2D eigenvalue weighted by Crippen LogP contribution is 2.31. The highest BCUT2D eigenvalue weighted by atomic mass is 19.1. The fraction of sp³-hybridized carbons (Fsp3) is 0.455. The molecule has 0 spiro atoms. The zero-order valence-corrected chi connectivity index (χ0v) is 7.09. The number of fused-ring (bicyclic) bond motifs is 1. The minimum atomic E-state index is -0.315. The number of hydrogen-bond donors (Lipinski definition) is 0. The maximum Gasteiger partial charge on any atom is 0.114 e. The van der Waals surface area contributed by atoms with Gasteiger partial charge in [-0.3, -0.25) is 0 Å². The molecule has 0 N–H and O–H groups in total. The Morgan fingerprint density at radius 3 is 3.25 bits per heavy atom. The zero-order chi connectivity index (χ0) is 8.39. The van der Waals surface area contributed by atoms with Crippen molar-refractivity contribution in [1.29, 1.82) is 0 Å². The zero-order valence-electron chi connectivity index (χ0n) is 7.09. The molecule has 0 radical (unpaired) electrons. The molecule has 0 fully saturated rings. The Hall–Kier alpha value is -0.850. The topological polar surface area (TPSA) is 0 Å². The summed E-state index contributed by atoms with van der Waals surface area (Å²) in [7, 11) is 0. The van der Waals surface area contributed by atoms with Crippen LogP contribution in [0.15, 0.2) is 35.5 Å². The lowest BCUT2D eigenvalue weighted by Gasteiger charge is -2.23. The molecule has 1 atom stereocenters. The van der Waals surface area contributed by atoms with E-state index in [0.717, 1.165) is 12.0 Å². The average Bonchev–Trinajstić information content (AvgIpc) is 2.17. The highest BCUT2D eigenvalue weighted by Gasteiger charge is 2.17. The van der Waals surface area contributed by atoms with Gasteiger partial charge in [0.15, 0.2) is 0 Å². The lowest BCUT2D eigenvalue weighted by atomic mass is 9.82. The Morgan fingerprint density at radius 2 is 2.42 bits per heavy atom. The van der Waals surface area contributed by atoms with E-state index in [1.807, 2.05) is 12.2 Å². The fourth-order valence-corrected chi connectivity index (χ4v) is 1.90. The Balaban J connectivity index is 2.22. The molecule has 1 heteroatoms. The van der Waals surface area contributed by atoms with Crippen molar-refractivity contribution in [3.8, 4) is 0 Å². The van der Waals surface area contributed by atoms with Crippen LogP contribution in [0.4, 0.5) is 4.39 Å². The second kappa shape index (κ2) is 3.26. The quantitative estimate of drug-likeness (QED) is 0.558. The minimum absolute atomic E-state index is 0.315. The van der Waals surface area contributed by atoms with Crippen molar-refractivity contribution in [1.82, 2.24) is 0 Å². The van der Waals surface area contributed by atoms with Crippen molar-refractivity contribution in [2.75, 3.05) is 6.67 Å². The van der Waals surface area contributed by atoms with Crippen molar-refractivity contribution in [2.45, 2.75) is 19.3 Å². The van der Waals surface area contributed by atoms with Crippen molar-refractivity contribution in [3.05, 3.63) is 35.5 Å². The minimum Gasteiger partial charge on any atom is -0.246 e. The predicted octanol–water partition coefficient (Wildman–Crippen LogP) is 3.18. The molecule has 0 nitrogen and oxygen atoms in total. The van der Waals surface area contributed by atoms with Crippen LogP contribution >= 0.6 is 0 Å². The lowest BCUT2D eigenvalue weighted by Crippen LogP contribution is -2.09. The maximum atomic E-state index is 12.3. The first kappa shape index (κ1) is 7.78. The molecule has 2 rings (SSSR count). The van der Waals surface area contributed by atoms with Gasteiger partial charge in [-0.1, -0.05) is 24.3 Å². The molecule has 0 aromatic carbocycles. The van der Waals surface area contributed by atoms with E-state index in [1.165, 1.54) is 18.4 Å². The molecule has 0 bridgehead atoms. The van der Waals surface area contributed by atoms with E-state index >= 15 is 0 Å². The number of alkyl halides is 1. The molecule has 2 aliphatic carbocycles. The van der Waals surface area contributed by atoms with Crippen molar-refractivity contribution >= 4 is 0 Å². The van der Waals surface area contributed by atoms with E-state index in [4.69, 9.17) is 0 Å². The van der Waals surface area contributed by atoms with E-state index in [9.17, 15) is 4.39 Å². The Labute approximate surface area is 72.5 Å². The van der Waals surface area contributed by atoms with E-state index in [1.54, 1.807) is 0 Å². The lowest BCUT2D eigenvalue weighted by molar-refractivity contribution is 0.526. The third-order valence-electron chi connectivity index (χ3n) is 2.63. The molecule has 0 aromatic rings. The van der Waals surface area contributed by atoms with Crippen LogP contribution in [0.2, 0.25) is 0 Å². The summed E-state index contributed by atoms with van der Waals surface area (Å²) in [4.78, 5) is 0. The summed E-state index contributed by atoms with van der Waals surface area (Å²) < 4.78 is 12.3. The van der Waals surface area contributed by atoms with E-state index < -0.39 is 0 Å². The van der Waals surface area contributed by atoms with Crippen LogP contribution < -0.4 is 0 Å². The van der Waals surface area contributed by atoms with Crippen LogP contribution in [-0.2, 0) is 0 Å². The van der Waals surface area contributed by atoms with Gasteiger partial charge in [-0.05, 0) is 36.3 Å². The second-order valence-corrected chi connectivity index (χ2v) is 3.47. The predicted molar refractivity (Wildman–Crippen MR) is 48.6 cm³/mol. The van der Waals surface area contributed by atoms with Crippen molar-refractivity contribution in [2.24, 2.45) is 5.92 Å². The molecule has 64 valence electrons.